The molecular formula is C16H22N2O3S. The molecule has 2 heterocycles. The maximum Gasteiger partial charge on any atom is 0.374 e. The highest BCUT2D eigenvalue weighted by Gasteiger charge is 2.18. The van der Waals surface area contributed by atoms with Gasteiger partial charge in [-0.05, 0) is 25.8 Å². The average molecular weight is 322 g/mol. The van der Waals surface area contributed by atoms with Crippen LogP contribution in [0.3, 0.4) is 0 Å². The second-order valence-corrected chi connectivity index (χ2v) is 6.57. The summed E-state index contributed by atoms with van der Waals surface area (Å²) in [4.78, 5) is 16.3. The summed E-state index contributed by atoms with van der Waals surface area (Å²) in [5.74, 6) is 0.990. The first-order valence-corrected chi connectivity index (χ1v) is 8.23. The molecule has 0 saturated heterocycles. The summed E-state index contributed by atoms with van der Waals surface area (Å²) in [5.41, 5.74) is 3.06. The molecule has 0 aliphatic rings. The maximum atomic E-state index is 11.6. The van der Waals surface area contributed by atoms with Crippen molar-refractivity contribution in [3.05, 3.63) is 35.0 Å². The lowest BCUT2D eigenvalue weighted by Gasteiger charge is -2.12. The number of carbonyl (C=O) groups excluding carboxylic acids is 1. The minimum atomic E-state index is -0.446. The summed E-state index contributed by atoms with van der Waals surface area (Å²) in [6, 6.07) is 1.80. The number of rotatable bonds is 6. The van der Waals surface area contributed by atoms with Crippen LogP contribution in [0.5, 0.6) is 0 Å². The predicted octanol–water partition coefficient (Wildman–Crippen LogP) is 3.83. The van der Waals surface area contributed by atoms with Crippen LogP contribution in [0.4, 0.5) is 0 Å². The summed E-state index contributed by atoms with van der Waals surface area (Å²) in [6.45, 7) is 9.42. The van der Waals surface area contributed by atoms with Crippen molar-refractivity contribution in [1.29, 1.82) is 0 Å². The van der Waals surface area contributed by atoms with Gasteiger partial charge in [-0.25, -0.2) is 9.78 Å². The fraction of sp³-hybridized carbons (Fsp3) is 0.500. The molecule has 0 spiro atoms. The van der Waals surface area contributed by atoms with E-state index in [0.29, 0.717) is 11.7 Å². The van der Waals surface area contributed by atoms with Crippen molar-refractivity contribution in [1.82, 2.24) is 9.55 Å². The lowest BCUT2D eigenvalue weighted by atomic mass is 10.2. The van der Waals surface area contributed by atoms with Crippen molar-refractivity contribution < 1.29 is 13.9 Å². The van der Waals surface area contributed by atoms with Crippen LogP contribution in [0.1, 0.15) is 41.4 Å². The van der Waals surface area contributed by atoms with Crippen LogP contribution in [0, 0.1) is 19.8 Å². The van der Waals surface area contributed by atoms with E-state index in [4.69, 9.17) is 9.15 Å². The molecule has 0 saturated carbocycles. The number of carbonyl (C=O) groups is 1. The molecule has 0 radical (unpaired) electrons. The first-order chi connectivity index (χ1) is 10.4. The molecule has 0 bridgehead atoms. The van der Waals surface area contributed by atoms with E-state index in [-0.39, 0.29) is 5.76 Å². The third-order valence-electron chi connectivity index (χ3n) is 3.44. The first-order valence-electron chi connectivity index (χ1n) is 7.25. The van der Waals surface area contributed by atoms with E-state index in [1.165, 1.54) is 19.1 Å². The number of nitrogens with zero attached hydrogens (tertiary/aromatic N) is 2. The second-order valence-electron chi connectivity index (χ2n) is 5.62. The van der Waals surface area contributed by atoms with Crippen LogP contribution in [0.15, 0.2) is 21.9 Å². The van der Waals surface area contributed by atoms with E-state index in [1.54, 1.807) is 17.8 Å². The smallest absolute Gasteiger partial charge is 0.374 e. The SMILES string of the molecule is COC(=O)c1occc1CSc1nc(C)c(C)n1CC(C)C. The molecule has 2 aromatic heterocycles. The normalized spacial score (nSPS) is 11.2. The van der Waals surface area contributed by atoms with E-state index in [0.717, 1.165) is 23.0 Å². The number of methoxy groups -OCH3 is 1. The Balaban J connectivity index is 2.17. The van der Waals surface area contributed by atoms with Gasteiger partial charge in [0.25, 0.3) is 0 Å². The zero-order valence-electron chi connectivity index (χ0n) is 13.7. The van der Waals surface area contributed by atoms with Crippen LogP contribution < -0.4 is 0 Å². The summed E-state index contributed by atoms with van der Waals surface area (Å²) in [7, 11) is 1.35. The molecule has 2 rings (SSSR count). The molecule has 22 heavy (non-hydrogen) atoms. The highest BCUT2D eigenvalue weighted by atomic mass is 32.2. The average Bonchev–Trinajstić information content (AvgIpc) is 3.04. The second kappa shape index (κ2) is 7.05. The van der Waals surface area contributed by atoms with E-state index < -0.39 is 5.97 Å². The van der Waals surface area contributed by atoms with E-state index in [2.05, 4.69) is 30.3 Å². The number of imidazole rings is 1. The van der Waals surface area contributed by atoms with Crippen LogP contribution in [-0.2, 0) is 17.0 Å². The Bertz CT molecular complexity index is 658. The number of hydrogen-bond acceptors (Lipinski definition) is 5. The molecular weight excluding hydrogens is 300 g/mol. The highest BCUT2D eigenvalue weighted by molar-refractivity contribution is 7.98. The predicted molar refractivity (Wildman–Crippen MR) is 86.1 cm³/mol. The van der Waals surface area contributed by atoms with Gasteiger partial charge in [0.05, 0.1) is 19.1 Å². The van der Waals surface area contributed by atoms with Crippen molar-refractivity contribution in [2.75, 3.05) is 7.11 Å². The Hall–Kier alpha value is -1.69. The maximum absolute atomic E-state index is 11.6. The summed E-state index contributed by atoms with van der Waals surface area (Å²) < 4.78 is 12.2. The van der Waals surface area contributed by atoms with Gasteiger partial charge >= 0.3 is 5.97 Å². The number of aromatic nitrogens is 2. The Kier molecular flexibility index (Phi) is 5.34. The molecule has 5 nitrogen and oxygen atoms in total. The number of furan rings is 1. The van der Waals surface area contributed by atoms with Crippen LogP contribution >= 0.6 is 11.8 Å². The zero-order chi connectivity index (χ0) is 16.3. The molecule has 0 atom stereocenters. The summed E-state index contributed by atoms with van der Waals surface area (Å²) in [6.07, 6.45) is 1.51. The van der Waals surface area contributed by atoms with Gasteiger partial charge in [-0.15, -0.1) is 0 Å². The Morgan fingerprint density at radius 2 is 2.18 bits per heavy atom. The number of esters is 1. The molecule has 0 aliphatic carbocycles. The number of aryl methyl sites for hydroxylation is 1. The topological polar surface area (TPSA) is 57.3 Å². The minimum absolute atomic E-state index is 0.269. The van der Waals surface area contributed by atoms with Crippen LogP contribution in [-0.4, -0.2) is 22.6 Å². The largest absolute Gasteiger partial charge is 0.463 e. The zero-order valence-corrected chi connectivity index (χ0v) is 14.5. The summed E-state index contributed by atoms with van der Waals surface area (Å²) >= 11 is 1.61. The monoisotopic (exact) mass is 322 g/mol. The van der Waals surface area contributed by atoms with Gasteiger partial charge in [0, 0.05) is 23.6 Å². The van der Waals surface area contributed by atoms with Crippen molar-refractivity contribution >= 4 is 17.7 Å². The van der Waals surface area contributed by atoms with Gasteiger partial charge in [-0.1, -0.05) is 25.6 Å². The van der Waals surface area contributed by atoms with Crippen molar-refractivity contribution in [2.45, 2.75) is 45.1 Å². The molecule has 0 fully saturated rings. The number of thioether (sulfide) groups is 1. The molecule has 0 aromatic carbocycles. The fourth-order valence-corrected chi connectivity index (χ4v) is 3.26. The molecule has 0 N–H and O–H groups in total. The molecule has 2 aromatic rings. The molecule has 0 amide bonds. The standard InChI is InChI=1S/C16H22N2O3S/c1-10(2)8-18-12(4)11(3)17-16(18)22-9-13-6-7-21-14(13)15(19)20-5/h6-7,10H,8-9H2,1-5H3. The van der Waals surface area contributed by atoms with E-state index in [1.807, 2.05) is 6.92 Å². The van der Waals surface area contributed by atoms with Gasteiger partial charge < -0.3 is 13.7 Å². The Morgan fingerprint density at radius 1 is 1.45 bits per heavy atom. The van der Waals surface area contributed by atoms with E-state index in [9.17, 15) is 4.79 Å². The summed E-state index contributed by atoms with van der Waals surface area (Å²) in [5, 5.41) is 0.973. The van der Waals surface area contributed by atoms with E-state index >= 15 is 0 Å². The van der Waals surface area contributed by atoms with Gasteiger partial charge in [-0.3, -0.25) is 0 Å². The highest BCUT2D eigenvalue weighted by Crippen LogP contribution is 2.27. The van der Waals surface area contributed by atoms with Crippen molar-refractivity contribution in [3.63, 3.8) is 0 Å². The van der Waals surface area contributed by atoms with Crippen LogP contribution in [0.2, 0.25) is 0 Å². The Morgan fingerprint density at radius 3 is 2.82 bits per heavy atom. The van der Waals surface area contributed by atoms with Crippen molar-refractivity contribution in [2.24, 2.45) is 5.92 Å². The van der Waals surface area contributed by atoms with Crippen LogP contribution in [0.25, 0.3) is 0 Å². The van der Waals surface area contributed by atoms with Gasteiger partial charge in [0.1, 0.15) is 0 Å². The molecule has 120 valence electrons. The molecule has 0 unspecified atom stereocenters. The van der Waals surface area contributed by atoms with Crippen molar-refractivity contribution in [3.8, 4) is 0 Å². The van der Waals surface area contributed by atoms with Gasteiger partial charge in [-0.2, -0.15) is 0 Å². The Labute approximate surface area is 135 Å². The number of ether oxygens (including phenoxy) is 1. The third kappa shape index (κ3) is 3.55. The molecule has 0 aliphatic heterocycles. The lowest BCUT2D eigenvalue weighted by molar-refractivity contribution is 0.0564. The fourth-order valence-electron chi connectivity index (χ4n) is 2.18. The lowest BCUT2D eigenvalue weighted by Crippen LogP contribution is -2.08. The first kappa shape index (κ1) is 16.7. The minimum Gasteiger partial charge on any atom is -0.463 e. The van der Waals surface area contributed by atoms with Gasteiger partial charge in [0.2, 0.25) is 5.76 Å². The third-order valence-corrected chi connectivity index (χ3v) is 4.47. The molecule has 6 heteroatoms. The van der Waals surface area contributed by atoms with Gasteiger partial charge in [0.15, 0.2) is 5.16 Å². The quantitative estimate of drug-likeness (QED) is 0.597. The number of hydrogen-bond donors (Lipinski definition) is 0.